The third-order valence-corrected chi connectivity index (χ3v) is 15.6. The molecule has 12 heteroatoms. The number of fused-ring (bicyclic) bond motifs is 7. The van der Waals surface area contributed by atoms with E-state index in [4.69, 9.17) is 28.4 Å². The smallest absolute Gasteiger partial charge is 0.187 e. The van der Waals surface area contributed by atoms with Crippen LogP contribution in [0.25, 0.3) is 0 Å². The van der Waals surface area contributed by atoms with E-state index >= 15 is 0 Å². The normalized spacial score (nSPS) is 58.4. The summed E-state index contributed by atoms with van der Waals surface area (Å²) in [5.74, 6) is 2.92. The predicted molar refractivity (Wildman–Crippen MR) is 182 cm³/mol. The Morgan fingerprint density at radius 1 is 0.824 bits per heavy atom. The van der Waals surface area contributed by atoms with Crippen molar-refractivity contribution in [3.05, 3.63) is 11.6 Å². The van der Waals surface area contributed by atoms with Crippen LogP contribution < -0.4 is 0 Å². The number of allylic oxidation sites excluding steroid dienone is 1. The van der Waals surface area contributed by atoms with Gasteiger partial charge in [-0.3, -0.25) is 0 Å². The van der Waals surface area contributed by atoms with Gasteiger partial charge in [-0.2, -0.15) is 0 Å². The summed E-state index contributed by atoms with van der Waals surface area (Å²) in [7, 11) is 0. The second-order valence-electron chi connectivity index (χ2n) is 18.3. The number of ether oxygens (including phenoxy) is 6. The van der Waals surface area contributed by atoms with Crippen molar-refractivity contribution in [2.45, 2.75) is 172 Å². The monoisotopic (exact) mass is 722 g/mol. The van der Waals surface area contributed by atoms with Crippen molar-refractivity contribution < 1.29 is 59.1 Å². The van der Waals surface area contributed by atoms with E-state index in [0.29, 0.717) is 41.9 Å². The molecule has 0 radical (unpaired) electrons. The summed E-state index contributed by atoms with van der Waals surface area (Å²) in [6, 6.07) is 0. The van der Waals surface area contributed by atoms with Crippen LogP contribution in [-0.4, -0.2) is 123 Å². The van der Waals surface area contributed by atoms with Gasteiger partial charge in [-0.05, 0) is 98.7 Å². The van der Waals surface area contributed by atoms with Gasteiger partial charge in [0, 0.05) is 12.3 Å². The lowest BCUT2D eigenvalue weighted by atomic mass is 9.47. The minimum Gasteiger partial charge on any atom is -0.394 e. The van der Waals surface area contributed by atoms with Crippen LogP contribution in [0.4, 0.5) is 0 Å². The first kappa shape index (κ1) is 37.2. The maximum Gasteiger partial charge on any atom is 0.187 e. The second-order valence-corrected chi connectivity index (χ2v) is 18.3. The summed E-state index contributed by atoms with van der Waals surface area (Å²) >= 11 is 0. The van der Waals surface area contributed by atoms with Crippen LogP contribution in [0.5, 0.6) is 0 Å². The van der Waals surface area contributed by atoms with E-state index in [-0.39, 0.29) is 23.0 Å². The molecule has 4 saturated heterocycles. The molecule has 0 aromatic rings. The standard InChI is InChI=1S/C39H62O12/c1-18-8-13-39(46-17-18)19(2)28-26(51-39)15-25-23-7-6-21-14-22(9-11-37(21,4)24(23)10-12-38(25,28)5)48-36-34(32(44)30(42)27(16-40)49-36)50-35-33(45)31(43)29(41)20(3)47-35/h6,18-20,22-36,40-45H,7-17H2,1-5H3/t18-,19+,20+,22+,23-,24+,25+,26+,27-,28+,29+,30+,31-,32+,33-,34-,35+,36-,37+,38+,39-/m1/s1. The third kappa shape index (κ3) is 5.84. The minimum absolute atomic E-state index is 0.0535. The molecule has 51 heavy (non-hydrogen) atoms. The molecule has 0 aromatic carbocycles. The summed E-state index contributed by atoms with van der Waals surface area (Å²) in [4.78, 5) is 0. The van der Waals surface area contributed by atoms with Crippen molar-refractivity contribution in [3.8, 4) is 0 Å². The Morgan fingerprint density at radius 2 is 1.61 bits per heavy atom. The summed E-state index contributed by atoms with van der Waals surface area (Å²) in [6.07, 6.45) is -1.68. The Morgan fingerprint density at radius 3 is 2.33 bits per heavy atom. The van der Waals surface area contributed by atoms with Crippen LogP contribution in [0, 0.1) is 46.3 Å². The Balaban J connectivity index is 0.964. The maximum atomic E-state index is 11.1. The van der Waals surface area contributed by atoms with Crippen LogP contribution in [-0.2, 0) is 28.4 Å². The molecule has 290 valence electrons. The van der Waals surface area contributed by atoms with Gasteiger partial charge >= 0.3 is 0 Å². The molecular weight excluding hydrogens is 660 g/mol. The van der Waals surface area contributed by atoms with Crippen molar-refractivity contribution in [2.75, 3.05) is 13.2 Å². The number of aliphatic hydroxyl groups excluding tert-OH is 6. The molecule has 1 spiro atoms. The van der Waals surface area contributed by atoms with Crippen molar-refractivity contribution in [2.24, 2.45) is 46.3 Å². The minimum atomic E-state index is -1.61. The highest BCUT2D eigenvalue weighted by atomic mass is 16.8. The molecule has 0 unspecified atom stereocenters. The van der Waals surface area contributed by atoms with E-state index in [1.54, 1.807) is 0 Å². The Bertz CT molecular complexity index is 1300. The molecule has 8 rings (SSSR count). The molecule has 4 aliphatic carbocycles. The summed E-state index contributed by atoms with van der Waals surface area (Å²) < 4.78 is 37.6. The molecular formula is C39H62O12. The average Bonchev–Trinajstić information content (AvgIpc) is 3.56. The first-order valence-electron chi connectivity index (χ1n) is 19.8. The highest BCUT2D eigenvalue weighted by Crippen LogP contribution is 2.70. The molecule has 4 aliphatic heterocycles. The van der Waals surface area contributed by atoms with Crippen LogP contribution in [0.15, 0.2) is 11.6 Å². The summed E-state index contributed by atoms with van der Waals surface area (Å²) in [5.41, 5.74) is 1.70. The van der Waals surface area contributed by atoms with Gasteiger partial charge in [-0.15, -0.1) is 0 Å². The maximum absolute atomic E-state index is 11.1. The zero-order chi connectivity index (χ0) is 36.2. The van der Waals surface area contributed by atoms with Crippen LogP contribution in [0.2, 0.25) is 0 Å². The number of rotatable bonds is 5. The number of aliphatic hydroxyl groups is 6. The lowest BCUT2D eigenvalue weighted by Gasteiger charge is -2.58. The molecule has 0 bridgehead atoms. The lowest BCUT2D eigenvalue weighted by molar-refractivity contribution is -0.369. The molecule has 7 fully saturated rings. The first-order valence-corrected chi connectivity index (χ1v) is 19.8. The highest BCUT2D eigenvalue weighted by molar-refractivity contribution is 5.26. The van der Waals surface area contributed by atoms with E-state index in [1.807, 2.05) is 0 Å². The Labute approximate surface area is 301 Å². The Kier molecular flexibility index (Phi) is 9.83. The van der Waals surface area contributed by atoms with Gasteiger partial charge in [-0.25, -0.2) is 0 Å². The molecule has 0 aromatic heterocycles. The molecule has 0 amide bonds. The van der Waals surface area contributed by atoms with E-state index in [2.05, 4.69) is 33.8 Å². The van der Waals surface area contributed by atoms with E-state index in [0.717, 1.165) is 38.7 Å². The van der Waals surface area contributed by atoms with Crippen molar-refractivity contribution in [3.63, 3.8) is 0 Å². The van der Waals surface area contributed by atoms with Gasteiger partial charge in [0.2, 0.25) is 0 Å². The van der Waals surface area contributed by atoms with Crippen LogP contribution in [0.1, 0.15) is 92.4 Å². The SMILES string of the molecule is C[C@@H]1CC[C@@]2(OC1)O[C@H]1C[C@H]3[C@@H]4CC=C5C[C@@H](O[C@@H]6O[C@H](CO)[C@H](O)[C@H](O)[C@H]6O[C@@H]6O[C@@H](C)[C@H](O)[C@@H](O)[C@H]6O)CC[C@]5(C)[C@H]4CC[C@]3(C)[C@H]1[C@@H]2C. The summed E-state index contributed by atoms with van der Waals surface area (Å²) in [6.45, 7) is 11.5. The molecule has 4 heterocycles. The van der Waals surface area contributed by atoms with E-state index < -0.39 is 73.8 Å². The second kappa shape index (κ2) is 13.5. The van der Waals surface area contributed by atoms with Crippen molar-refractivity contribution in [1.29, 1.82) is 0 Å². The quantitative estimate of drug-likeness (QED) is 0.229. The van der Waals surface area contributed by atoms with Gasteiger partial charge in [0.25, 0.3) is 0 Å². The zero-order valence-corrected chi connectivity index (χ0v) is 30.9. The fourth-order valence-electron chi connectivity index (χ4n) is 12.5. The Hall–Kier alpha value is -0.740. The third-order valence-electron chi connectivity index (χ3n) is 15.6. The van der Waals surface area contributed by atoms with E-state index in [9.17, 15) is 30.6 Å². The van der Waals surface area contributed by atoms with Gasteiger partial charge in [-0.1, -0.05) is 39.3 Å². The topological polar surface area (TPSA) is 177 Å². The molecule has 12 nitrogen and oxygen atoms in total. The van der Waals surface area contributed by atoms with Crippen LogP contribution >= 0.6 is 0 Å². The first-order chi connectivity index (χ1) is 24.2. The zero-order valence-electron chi connectivity index (χ0n) is 30.9. The van der Waals surface area contributed by atoms with Gasteiger partial charge in [0.05, 0.1) is 31.5 Å². The number of hydrogen-bond donors (Lipinski definition) is 6. The summed E-state index contributed by atoms with van der Waals surface area (Å²) in [5, 5.41) is 62.9. The molecule has 21 atom stereocenters. The lowest BCUT2D eigenvalue weighted by Crippen LogP contribution is -2.64. The van der Waals surface area contributed by atoms with E-state index in [1.165, 1.54) is 31.8 Å². The van der Waals surface area contributed by atoms with Crippen molar-refractivity contribution >= 4 is 0 Å². The van der Waals surface area contributed by atoms with Gasteiger partial charge < -0.3 is 59.1 Å². The molecule has 8 aliphatic rings. The molecule has 3 saturated carbocycles. The number of hydrogen-bond acceptors (Lipinski definition) is 12. The van der Waals surface area contributed by atoms with Gasteiger partial charge in [0.1, 0.15) is 42.7 Å². The highest BCUT2D eigenvalue weighted by Gasteiger charge is 2.68. The average molecular weight is 723 g/mol. The fraction of sp³-hybridized carbons (Fsp3) is 0.949. The predicted octanol–water partition coefficient (Wildman–Crippen LogP) is 2.39. The van der Waals surface area contributed by atoms with Gasteiger partial charge in [0.15, 0.2) is 18.4 Å². The van der Waals surface area contributed by atoms with Crippen LogP contribution in [0.3, 0.4) is 0 Å². The molecule has 6 N–H and O–H groups in total. The fourth-order valence-corrected chi connectivity index (χ4v) is 12.5. The largest absolute Gasteiger partial charge is 0.394 e. The van der Waals surface area contributed by atoms with Crippen molar-refractivity contribution in [1.82, 2.24) is 0 Å².